The third-order valence-corrected chi connectivity index (χ3v) is 7.09. The first-order valence-corrected chi connectivity index (χ1v) is 10.4. The molecule has 2 amide bonds. The van der Waals surface area contributed by atoms with Gasteiger partial charge in [-0.05, 0) is 37.6 Å². The van der Waals surface area contributed by atoms with E-state index in [1.807, 2.05) is 0 Å². The van der Waals surface area contributed by atoms with Crippen molar-refractivity contribution >= 4 is 38.0 Å². The normalized spacial score (nSPS) is 12.6. The number of aliphatic hydroxyl groups is 1. The predicted molar refractivity (Wildman–Crippen MR) is 99.4 cm³/mol. The van der Waals surface area contributed by atoms with Crippen LogP contribution in [-0.4, -0.2) is 37.1 Å². The van der Waals surface area contributed by atoms with Gasteiger partial charge in [0.15, 0.2) is 0 Å². The summed E-state index contributed by atoms with van der Waals surface area (Å²) in [7, 11) is -4.71. The molecule has 0 radical (unpaired) electrons. The summed E-state index contributed by atoms with van der Waals surface area (Å²) in [6, 6.07) is 2.60. The highest BCUT2D eigenvalue weighted by molar-refractivity contribution is 7.93. The number of carbonyl (C=O) groups excluding carboxylic acids is 2. The van der Waals surface area contributed by atoms with E-state index in [2.05, 4.69) is 5.32 Å². The highest BCUT2D eigenvalue weighted by Crippen LogP contribution is 2.37. The van der Waals surface area contributed by atoms with Gasteiger partial charge in [-0.25, -0.2) is 12.8 Å². The number of hydrogen-bond donors (Lipinski definition) is 3. The molecule has 1 heterocycles. The van der Waals surface area contributed by atoms with Crippen LogP contribution in [0.2, 0.25) is 0 Å². The Balaban J connectivity index is 2.62. The van der Waals surface area contributed by atoms with Crippen molar-refractivity contribution in [3.8, 4) is 0 Å². The van der Waals surface area contributed by atoms with E-state index in [1.54, 1.807) is 0 Å². The Morgan fingerprint density at radius 1 is 1.20 bits per heavy atom. The molecule has 0 aliphatic rings. The van der Waals surface area contributed by atoms with Gasteiger partial charge in [0, 0.05) is 0 Å². The van der Waals surface area contributed by atoms with Crippen molar-refractivity contribution in [1.82, 2.24) is 0 Å². The van der Waals surface area contributed by atoms with Crippen molar-refractivity contribution in [2.24, 2.45) is 5.73 Å². The highest BCUT2D eigenvalue weighted by Gasteiger charge is 2.34. The number of halogens is 4. The lowest BCUT2D eigenvalue weighted by molar-refractivity contribution is -0.130. The molecule has 0 aliphatic heterocycles. The summed E-state index contributed by atoms with van der Waals surface area (Å²) >= 11 is 0.331. The van der Waals surface area contributed by atoms with Crippen LogP contribution < -0.4 is 11.1 Å². The van der Waals surface area contributed by atoms with Gasteiger partial charge >= 0.3 is 6.18 Å². The number of alkyl halides is 3. The Hall–Kier alpha value is -2.51. The van der Waals surface area contributed by atoms with Crippen LogP contribution in [0.3, 0.4) is 0 Å². The maximum absolute atomic E-state index is 13.6. The SMILES string of the molecule is CC(C)(O)C(=O)Nc1sc(S(=O)(=O)c2cc(F)ccc2CC(F)(F)F)cc1C(N)=O. The summed E-state index contributed by atoms with van der Waals surface area (Å²) < 4.78 is 77.3. The Kier molecular flexibility index (Phi) is 6.31. The lowest BCUT2D eigenvalue weighted by Crippen LogP contribution is -2.36. The van der Waals surface area contributed by atoms with Gasteiger partial charge in [-0.3, -0.25) is 9.59 Å². The number of anilines is 1. The van der Waals surface area contributed by atoms with E-state index < -0.39 is 65.9 Å². The number of sulfone groups is 1. The average molecular weight is 468 g/mol. The first-order chi connectivity index (χ1) is 13.5. The number of rotatable bonds is 6. The third-order valence-electron chi connectivity index (χ3n) is 3.73. The molecule has 0 aliphatic carbocycles. The molecule has 13 heteroatoms. The maximum Gasteiger partial charge on any atom is 0.393 e. The minimum atomic E-state index is -4.76. The fourth-order valence-electron chi connectivity index (χ4n) is 2.28. The van der Waals surface area contributed by atoms with E-state index in [9.17, 15) is 40.7 Å². The molecule has 0 bridgehead atoms. The molecule has 2 aromatic rings. The van der Waals surface area contributed by atoms with Crippen LogP contribution in [0.5, 0.6) is 0 Å². The maximum atomic E-state index is 13.6. The van der Waals surface area contributed by atoms with Gasteiger partial charge in [0.1, 0.15) is 20.6 Å². The Labute approximate surface area is 172 Å². The van der Waals surface area contributed by atoms with Crippen molar-refractivity contribution < 1.29 is 40.7 Å². The van der Waals surface area contributed by atoms with E-state index in [1.165, 1.54) is 0 Å². The number of thiophene rings is 1. The summed E-state index contributed by atoms with van der Waals surface area (Å²) in [6.45, 7) is 2.27. The molecule has 7 nitrogen and oxygen atoms in total. The number of nitrogens with two attached hydrogens (primary N) is 1. The largest absolute Gasteiger partial charge is 0.393 e. The van der Waals surface area contributed by atoms with Crippen LogP contribution in [0.15, 0.2) is 33.4 Å². The van der Waals surface area contributed by atoms with E-state index in [0.29, 0.717) is 29.5 Å². The predicted octanol–water partition coefficient (Wildman–Crippen LogP) is 2.63. The minimum absolute atomic E-state index is 0.331. The summed E-state index contributed by atoms with van der Waals surface area (Å²) in [5.74, 6) is -3.20. The molecule has 0 unspecified atom stereocenters. The first-order valence-electron chi connectivity index (χ1n) is 8.10. The second kappa shape index (κ2) is 7.96. The minimum Gasteiger partial charge on any atom is -0.381 e. The molecular formula is C17H16F4N2O5S2. The highest BCUT2D eigenvalue weighted by atomic mass is 32.2. The van der Waals surface area contributed by atoms with Crippen LogP contribution in [0.1, 0.15) is 29.8 Å². The van der Waals surface area contributed by atoms with Gasteiger partial charge in [-0.2, -0.15) is 13.2 Å². The van der Waals surface area contributed by atoms with E-state index in [-0.39, 0.29) is 5.00 Å². The molecule has 30 heavy (non-hydrogen) atoms. The lowest BCUT2D eigenvalue weighted by Gasteiger charge is -2.16. The molecular weight excluding hydrogens is 452 g/mol. The van der Waals surface area contributed by atoms with Gasteiger partial charge in [0.2, 0.25) is 9.84 Å². The van der Waals surface area contributed by atoms with Crippen molar-refractivity contribution in [3.05, 3.63) is 41.2 Å². The summed E-state index contributed by atoms with van der Waals surface area (Å²) in [5.41, 5.74) is 2.16. The molecule has 0 saturated carbocycles. The standard InChI is InChI=1S/C17H16F4N2O5S2/c1-16(2,26)15(25)23-14-10(13(22)24)6-12(29-14)30(27,28)11-5-9(18)4-3-8(11)7-17(19,20)21/h3-6,26H,7H2,1-2H3,(H2,22,24)(H,23,25). The van der Waals surface area contributed by atoms with Crippen molar-refractivity contribution in [2.45, 2.75) is 41.2 Å². The number of benzene rings is 1. The van der Waals surface area contributed by atoms with E-state index >= 15 is 0 Å². The topological polar surface area (TPSA) is 127 Å². The van der Waals surface area contributed by atoms with Gasteiger partial charge in [0.05, 0.1) is 16.9 Å². The number of primary amides is 1. The smallest absolute Gasteiger partial charge is 0.381 e. The Morgan fingerprint density at radius 2 is 1.80 bits per heavy atom. The lowest BCUT2D eigenvalue weighted by atomic mass is 10.1. The van der Waals surface area contributed by atoms with Crippen molar-refractivity contribution in [3.63, 3.8) is 0 Å². The number of nitrogens with one attached hydrogen (secondary N) is 1. The number of amides is 2. The van der Waals surface area contributed by atoms with E-state index in [0.717, 1.165) is 19.9 Å². The zero-order valence-electron chi connectivity index (χ0n) is 15.5. The molecule has 164 valence electrons. The van der Waals surface area contributed by atoms with Crippen molar-refractivity contribution in [2.75, 3.05) is 5.32 Å². The molecule has 4 N–H and O–H groups in total. The third kappa shape index (κ3) is 5.34. The molecule has 0 fully saturated rings. The van der Waals surface area contributed by atoms with Crippen LogP contribution in [0.25, 0.3) is 0 Å². The monoisotopic (exact) mass is 468 g/mol. The Morgan fingerprint density at radius 3 is 2.30 bits per heavy atom. The van der Waals surface area contributed by atoms with Crippen LogP contribution in [-0.2, 0) is 21.1 Å². The van der Waals surface area contributed by atoms with Gasteiger partial charge in [-0.1, -0.05) is 6.07 Å². The molecule has 1 aromatic carbocycles. The first kappa shape index (κ1) is 23.8. The molecule has 1 aromatic heterocycles. The average Bonchev–Trinajstić information content (AvgIpc) is 2.99. The van der Waals surface area contributed by atoms with Gasteiger partial charge < -0.3 is 16.2 Å². The van der Waals surface area contributed by atoms with E-state index in [4.69, 9.17) is 5.73 Å². The van der Waals surface area contributed by atoms with Crippen LogP contribution in [0.4, 0.5) is 22.6 Å². The van der Waals surface area contributed by atoms with Gasteiger partial charge in [-0.15, -0.1) is 11.3 Å². The van der Waals surface area contributed by atoms with Gasteiger partial charge in [0.25, 0.3) is 11.8 Å². The number of hydrogen-bond acceptors (Lipinski definition) is 6. The molecule has 0 spiro atoms. The Bertz CT molecular complexity index is 1100. The quantitative estimate of drug-likeness (QED) is 0.562. The second-order valence-electron chi connectivity index (χ2n) is 6.73. The summed E-state index contributed by atoms with van der Waals surface area (Å²) in [4.78, 5) is 22.7. The van der Waals surface area contributed by atoms with Crippen LogP contribution >= 0.6 is 11.3 Å². The number of carbonyl (C=O) groups is 2. The summed E-state index contributed by atoms with van der Waals surface area (Å²) in [6.07, 6.45) is -6.39. The zero-order valence-corrected chi connectivity index (χ0v) is 17.1. The van der Waals surface area contributed by atoms with Crippen molar-refractivity contribution in [1.29, 1.82) is 0 Å². The molecule has 0 atom stereocenters. The second-order valence-corrected chi connectivity index (χ2v) is 9.93. The van der Waals surface area contributed by atoms with Crippen LogP contribution in [0, 0.1) is 5.82 Å². The zero-order chi connectivity index (χ0) is 23.1. The fourth-order valence-corrected chi connectivity index (χ4v) is 5.27. The molecule has 0 saturated heterocycles. The fraction of sp³-hybridized carbons (Fsp3) is 0.294. The summed E-state index contributed by atoms with van der Waals surface area (Å²) in [5, 5.41) is 11.5. The molecule has 2 rings (SSSR count).